The summed E-state index contributed by atoms with van der Waals surface area (Å²) in [6.45, 7) is 1.81. The van der Waals surface area contributed by atoms with Gasteiger partial charge in [0.15, 0.2) is 0 Å². The summed E-state index contributed by atoms with van der Waals surface area (Å²) in [6, 6.07) is 9.53. The van der Waals surface area contributed by atoms with Crippen LogP contribution >= 0.6 is 0 Å². The van der Waals surface area contributed by atoms with Crippen molar-refractivity contribution >= 4 is 22.8 Å². The molecular formula is C15H14N4O. The minimum atomic E-state index is -0.0474. The van der Waals surface area contributed by atoms with Gasteiger partial charge in [0.1, 0.15) is 11.5 Å². The Morgan fingerprint density at radius 3 is 3.10 bits per heavy atom. The molecule has 0 aliphatic heterocycles. The summed E-state index contributed by atoms with van der Waals surface area (Å²) in [5, 5.41) is 3.79. The van der Waals surface area contributed by atoms with E-state index in [1.54, 1.807) is 12.3 Å². The average Bonchev–Trinajstić information content (AvgIpc) is 2.94. The van der Waals surface area contributed by atoms with Crippen molar-refractivity contribution in [2.75, 3.05) is 5.32 Å². The zero-order valence-corrected chi connectivity index (χ0v) is 11.1. The zero-order valence-electron chi connectivity index (χ0n) is 11.1. The third kappa shape index (κ3) is 2.38. The molecule has 0 aliphatic rings. The molecule has 0 atom stereocenters. The van der Waals surface area contributed by atoms with Crippen LogP contribution in [0.2, 0.25) is 0 Å². The normalized spacial score (nSPS) is 10.7. The summed E-state index contributed by atoms with van der Waals surface area (Å²) in [6.07, 6.45) is 4.06. The molecule has 0 aromatic carbocycles. The van der Waals surface area contributed by atoms with Crippen LogP contribution in [0.5, 0.6) is 0 Å². The highest BCUT2D eigenvalue weighted by Crippen LogP contribution is 2.21. The van der Waals surface area contributed by atoms with Crippen molar-refractivity contribution in [2.24, 2.45) is 0 Å². The van der Waals surface area contributed by atoms with E-state index >= 15 is 0 Å². The fourth-order valence-electron chi connectivity index (χ4n) is 1.98. The smallest absolute Gasteiger partial charge is 0.225 e. The van der Waals surface area contributed by atoms with E-state index in [0.717, 1.165) is 22.3 Å². The van der Waals surface area contributed by atoms with Crippen molar-refractivity contribution in [3.63, 3.8) is 0 Å². The van der Waals surface area contributed by atoms with Gasteiger partial charge in [-0.1, -0.05) is 13.0 Å². The molecule has 3 heterocycles. The van der Waals surface area contributed by atoms with Crippen LogP contribution < -0.4 is 5.32 Å². The molecule has 5 heteroatoms. The van der Waals surface area contributed by atoms with Crippen LogP contribution in [-0.2, 0) is 4.79 Å². The average molecular weight is 266 g/mol. The van der Waals surface area contributed by atoms with Gasteiger partial charge in [-0.15, -0.1) is 0 Å². The van der Waals surface area contributed by atoms with Crippen LogP contribution in [0.15, 0.2) is 42.7 Å². The molecule has 0 radical (unpaired) electrons. The van der Waals surface area contributed by atoms with Gasteiger partial charge in [-0.25, -0.2) is 9.97 Å². The van der Waals surface area contributed by atoms with Gasteiger partial charge in [0, 0.05) is 29.8 Å². The molecule has 5 nitrogen and oxygen atoms in total. The Hall–Kier alpha value is -2.69. The SMILES string of the molecule is CCC(=O)Nc1cccc(-c2cnc3[nH]ccc3c2)n1. The Kier molecular flexibility index (Phi) is 3.16. The van der Waals surface area contributed by atoms with E-state index in [2.05, 4.69) is 20.3 Å². The Balaban J connectivity index is 1.96. The largest absolute Gasteiger partial charge is 0.346 e. The third-order valence-corrected chi connectivity index (χ3v) is 3.03. The van der Waals surface area contributed by atoms with E-state index in [1.807, 2.05) is 37.4 Å². The third-order valence-electron chi connectivity index (χ3n) is 3.03. The minimum absolute atomic E-state index is 0.0474. The van der Waals surface area contributed by atoms with Crippen LogP contribution in [0.4, 0.5) is 5.82 Å². The lowest BCUT2D eigenvalue weighted by atomic mass is 10.1. The van der Waals surface area contributed by atoms with Gasteiger partial charge in [0.2, 0.25) is 5.91 Å². The fraction of sp³-hybridized carbons (Fsp3) is 0.133. The lowest BCUT2D eigenvalue weighted by Gasteiger charge is -2.05. The van der Waals surface area contributed by atoms with E-state index in [-0.39, 0.29) is 5.91 Å². The molecule has 0 aliphatic carbocycles. The Morgan fingerprint density at radius 1 is 1.35 bits per heavy atom. The van der Waals surface area contributed by atoms with E-state index in [4.69, 9.17) is 0 Å². The number of hydrogen-bond donors (Lipinski definition) is 2. The van der Waals surface area contributed by atoms with Crippen LogP contribution in [-0.4, -0.2) is 20.9 Å². The van der Waals surface area contributed by atoms with E-state index in [0.29, 0.717) is 12.2 Å². The maximum absolute atomic E-state index is 11.4. The van der Waals surface area contributed by atoms with Gasteiger partial charge in [-0.2, -0.15) is 0 Å². The number of anilines is 1. The van der Waals surface area contributed by atoms with Crippen LogP contribution in [0.3, 0.4) is 0 Å². The lowest BCUT2D eigenvalue weighted by molar-refractivity contribution is -0.115. The maximum Gasteiger partial charge on any atom is 0.225 e. The van der Waals surface area contributed by atoms with Crippen molar-refractivity contribution in [1.82, 2.24) is 15.0 Å². The second kappa shape index (κ2) is 5.13. The van der Waals surface area contributed by atoms with Crippen molar-refractivity contribution in [3.8, 4) is 11.3 Å². The number of aromatic amines is 1. The van der Waals surface area contributed by atoms with E-state index in [1.165, 1.54) is 0 Å². The number of carbonyl (C=O) groups is 1. The number of rotatable bonds is 3. The summed E-state index contributed by atoms with van der Waals surface area (Å²) >= 11 is 0. The number of fused-ring (bicyclic) bond motifs is 1. The number of pyridine rings is 2. The highest BCUT2D eigenvalue weighted by Gasteiger charge is 2.05. The first-order chi connectivity index (χ1) is 9.76. The summed E-state index contributed by atoms with van der Waals surface area (Å²) < 4.78 is 0. The first-order valence-electron chi connectivity index (χ1n) is 6.46. The first kappa shape index (κ1) is 12.3. The topological polar surface area (TPSA) is 70.7 Å². The highest BCUT2D eigenvalue weighted by molar-refractivity contribution is 5.89. The van der Waals surface area contributed by atoms with Gasteiger partial charge in [-0.05, 0) is 24.3 Å². The van der Waals surface area contributed by atoms with Crippen LogP contribution in [0.25, 0.3) is 22.3 Å². The Morgan fingerprint density at radius 2 is 2.25 bits per heavy atom. The second-order valence-corrected chi connectivity index (χ2v) is 4.45. The molecule has 2 N–H and O–H groups in total. The molecule has 3 rings (SSSR count). The monoisotopic (exact) mass is 266 g/mol. The van der Waals surface area contributed by atoms with Gasteiger partial charge in [0.05, 0.1) is 5.69 Å². The number of nitrogens with zero attached hydrogens (tertiary/aromatic N) is 2. The number of aromatic nitrogens is 3. The van der Waals surface area contributed by atoms with Gasteiger partial charge < -0.3 is 10.3 Å². The van der Waals surface area contributed by atoms with Crippen molar-refractivity contribution < 1.29 is 4.79 Å². The summed E-state index contributed by atoms with van der Waals surface area (Å²) in [5.41, 5.74) is 2.56. The predicted octanol–water partition coefficient (Wildman–Crippen LogP) is 2.97. The van der Waals surface area contributed by atoms with Crippen molar-refractivity contribution in [3.05, 3.63) is 42.7 Å². The number of amides is 1. The summed E-state index contributed by atoms with van der Waals surface area (Å²) in [4.78, 5) is 23.2. The Bertz CT molecular complexity index is 763. The maximum atomic E-state index is 11.4. The quantitative estimate of drug-likeness (QED) is 0.765. The highest BCUT2D eigenvalue weighted by atomic mass is 16.1. The second-order valence-electron chi connectivity index (χ2n) is 4.45. The van der Waals surface area contributed by atoms with Gasteiger partial charge in [0.25, 0.3) is 0 Å². The number of hydrogen-bond acceptors (Lipinski definition) is 3. The fourth-order valence-corrected chi connectivity index (χ4v) is 1.98. The zero-order chi connectivity index (χ0) is 13.9. The lowest BCUT2D eigenvalue weighted by Crippen LogP contribution is -2.10. The molecule has 1 amide bonds. The number of nitrogens with one attached hydrogen (secondary N) is 2. The molecular weight excluding hydrogens is 252 g/mol. The van der Waals surface area contributed by atoms with Crippen molar-refractivity contribution in [2.45, 2.75) is 13.3 Å². The first-order valence-corrected chi connectivity index (χ1v) is 6.46. The van der Waals surface area contributed by atoms with Crippen molar-refractivity contribution in [1.29, 1.82) is 0 Å². The molecule has 0 fully saturated rings. The van der Waals surface area contributed by atoms with E-state index in [9.17, 15) is 4.79 Å². The number of H-pyrrole nitrogens is 1. The molecule has 0 spiro atoms. The van der Waals surface area contributed by atoms with Crippen LogP contribution in [0.1, 0.15) is 13.3 Å². The Labute approximate surface area is 116 Å². The molecule has 0 bridgehead atoms. The molecule has 0 saturated heterocycles. The standard InChI is InChI=1S/C15H14N4O/c1-2-14(20)19-13-5-3-4-12(18-13)11-8-10-6-7-16-15(10)17-9-11/h3-9H,2H2,1H3,(H,16,17)(H,18,19,20). The molecule has 3 aromatic rings. The summed E-state index contributed by atoms with van der Waals surface area (Å²) in [5.74, 6) is 0.511. The molecule has 0 unspecified atom stereocenters. The van der Waals surface area contributed by atoms with Gasteiger partial charge >= 0.3 is 0 Å². The summed E-state index contributed by atoms with van der Waals surface area (Å²) in [7, 11) is 0. The molecule has 0 saturated carbocycles. The molecule has 100 valence electrons. The molecule has 20 heavy (non-hydrogen) atoms. The minimum Gasteiger partial charge on any atom is -0.346 e. The number of carbonyl (C=O) groups excluding carboxylic acids is 1. The predicted molar refractivity (Wildman–Crippen MR) is 78.2 cm³/mol. The molecule has 3 aromatic heterocycles. The van der Waals surface area contributed by atoms with Crippen LogP contribution in [0, 0.1) is 0 Å². The van der Waals surface area contributed by atoms with E-state index < -0.39 is 0 Å². The van der Waals surface area contributed by atoms with Gasteiger partial charge in [-0.3, -0.25) is 4.79 Å².